The molecular weight excluding hydrogens is 247 g/mol. The molecule has 0 saturated heterocycles. The maximum absolute atomic E-state index is 13.3. The number of nitrogen functional groups attached to an aromatic ring is 1. The van der Waals surface area contributed by atoms with Crippen LogP contribution in [0.3, 0.4) is 0 Å². The van der Waals surface area contributed by atoms with Crippen molar-refractivity contribution in [1.82, 2.24) is 14.5 Å². The number of anilines is 1. The molecule has 3 rings (SSSR count). The second-order valence-electron chi connectivity index (χ2n) is 4.35. The summed E-state index contributed by atoms with van der Waals surface area (Å²) >= 11 is 0. The minimum absolute atomic E-state index is 0.152. The number of aryl methyl sites for hydroxylation is 1. The summed E-state index contributed by atoms with van der Waals surface area (Å²) in [6, 6.07) is 2.98. The first-order valence-electron chi connectivity index (χ1n) is 5.65. The van der Waals surface area contributed by atoms with Crippen LogP contribution in [0.4, 0.5) is 10.1 Å². The van der Waals surface area contributed by atoms with Crippen LogP contribution in [0.2, 0.25) is 0 Å². The molecule has 96 valence electrons. The minimum Gasteiger partial charge on any atom is -0.394 e. The standard InChI is InChI=1S/C13H11FN4O/c1-18-6-7(2-11(15)13(18)19)10-5-17-12-9(10)3-8(14)4-16-12/h2-6H,15H2,1H3,(H,16,17). The topological polar surface area (TPSA) is 76.7 Å². The van der Waals surface area contributed by atoms with Crippen molar-refractivity contribution in [3.05, 3.63) is 46.9 Å². The molecule has 6 heteroatoms. The SMILES string of the molecule is Cn1cc(-c2c[nH]c3ncc(F)cc23)cc(N)c1=O. The van der Waals surface area contributed by atoms with Crippen molar-refractivity contribution in [1.29, 1.82) is 0 Å². The molecule has 3 N–H and O–H groups in total. The number of hydrogen-bond acceptors (Lipinski definition) is 3. The summed E-state index contributed by atoms with van der Waals surface area (Å²) in [6.07, 6.45) is 4.53. The van der Waals surface area contributed by atoms with Crippen molar-refractivity contribution < 1.29 is 4.39 Å². The van der Waals surface area contributed by atoms with Gasteiger partial charge >= 0.3 is 0 Å². The monoisotopic (exact) mass is 258 g/mol. The van der Waals surface area contributed by atoms with Gasteiger partial charge in [0.25, 0.3) is 5.56 Å². The highest BCUT2D eigenvalue weighted by Crippen LogP contribution is 2.28. The van der Waals surface area contributed by atoms with Crippen molar-refractivity contribution in [2.75, 3.05) is 5.73 Å². The Labute approximate surface area is 107 Å². The normalized spacial score (nSPS) is 11.1. The van der Waals surface area contributed by atoms with Crippen LogP contribution in [0, 0.1) is 5.82 Å². The molecule has 19 heavy (non-hydrogen) atoms. The summed E-state index contributed by atoms with van der Waals surface area (Å²) in [6.45, 7) is 0. The van der Waals surface area contributed by atoms with E-state index in [9.17, 15) is 9.18 Å². The number of hydrogen-bond donors (Lipinski definition) is 2. The van der Waals surface area contributed by atoms with Gasteiger partial charge in [-0.25, -0.2) is 9.37 Å². The predicted octanol–water partition coefficient (Wildman–Crippen LogP) is 1.65. The van der Waals surface area contributed by atoms with Crippen molar-refractivity contribution in [3.63, 3.8) is 0 Å². The average molecular weight is 258 g/mol. The van der Waals surface area contributed by atoms with E-state index in [0.717, 1.165) is 17.3 Å². The van der Waals surface area contributed by atoms with Crippen molar-refractivity contribution in [2.45, 2.75) is 0 Å². The molecule has 0 amide bonds. The zero-order valence-corrected chi connectivity index (χ0v) is 10.1. The van der Waals surface area contributed by atoms with Gasteiger partial charge in [0.2, 0.25) is 0 Å². The van der Waals surface area contributed by atoms with E-state index < -0.39 is 5.82 Å². The number of nitrogens with zero attached hydrogens (tertiary/aromatic N) is 2. The first-order valence-corrected chi connectivity index (χ1v) is 5.65. The second kappa shape index (κ2) is 3.94. The Morgan fingerprint density at radius 3 is 2.95 bits per heavy atom. The van der Waals surface area contributed by atoms with Crippen LogP contribution in [0.5, 0.6) is 0 Å². The van der Waals surface area contributed by atoms with Gasteiger partial charge < -0.3 is 15.3 Å². The highest BCUT2D eigenvalue weighted by atomic mass is 19.1. The Kier molecular flexibility index (Phi) is 2.38. The zero-order valence-electron chi connectivity index (χ0n) is 10.1. The number of pyridine rings is 2. The smallest absolute Gasteiger partial charge is 0.273 e. The highest BCUT2D eigenvalue weighted by molar-refractivity contribution is 5.93. The largest absolute Gasteiger partial charge is 0.394 e. The molecule has 0 aliphatic rings. The zero-order chi connectivity index (χ0) is 13.6. The fraction of sp³-hybridized carbons (Fsp3) is 0.0769. The van der Waals surface area contributed by atoms with Crippen LogP contribution in [-0.4, -0.2) is 14.5 Å². The van der Waals surface area contributed by atoms with E-state index >= 15 is 0 Å². The van der Waals surface area contributed by atoms with Gasteiger partial charge in [0.05, 0.1) is 11.9 Å². The summed E-state index contributed by atoms with van der Waals surface area (Å²) in [7, 11) is 1.62. The fourth-order valence-corrected chi connectivity index (χ4v) is 2.10. The molecule has 0 radical (unpaired) electrons. The molecule has 0 bridgehead atoms. The number of rotatable bonds is 1. The first-order chi connectivity index (χ1) is 9.06. The summed E-state index contributed by atoms with van der Waals surface area (Å²) < 4.78 is 14.7. The third kappa shape index (κ3) is 1.77. The van der Waals surface area contributed by atoms with Gasteiger partial charge in [-0.3, -0.25) is 4.79 Å². The Hall–Kier alpha value is -2.63. The van der Waals surface area contributed by atoms with Gasteiger partial charge in [-0.2, -0.15) is 0 Å². The summed E-state index contributed by atoms with van der Waals surface area (Å²) in [5.41, 5.74) is 7.64. The van der Waals surface area contributed by atoms with Gasteiger partial charge in [0.1, 0.15) is 11.5 Å². The van der Waals surface area contributed by atoms with Crippen LogP contribution in [0.1, 0.15) is 0 Å². The van der Waals surface area contributed by atoms with Crippen molar-refractivity contribution in [2.24, 2.45) is 7.05 Å². The summed E-state index contributed by atoms with van der Waals surface area (Å²) in [4.78, 5) is 18.5. The van der Waals surface area contributed by atoms with Gasteiger partial charge in [0.15, 0.2) is 0 Å². The Bertz CT molecular complexity index is 808. The third-order valence-electron chi connectivity index (χ3n) is 3.02. The lowest BCUT2D eigenvalue weighted by atomic mass is 10.1. The van der Waals surface area contributed by atoms with Gasteiger partial charge in [-0.15, -0.1) is 0 Å². The molecule has 0 aliphatic heterocycles. The molecule has 3 aromatic heterocycles. The average Bonchev–Trinajstić information content (AvgIpc) is 2.78. The molecular formula is C13H11FN4O. The minimum atomic E-state index is -0.411. The number of nitrogens with one attached hydrogen (secondary N) is 1. The maximum Gasteiger partial charge on any atom is 0.273 e. The van der Waals surface area contributed by atoms with E-state index in [1.54, 1.807) is 25.5 Å². The van der Waals surface area contributed by atoms with Crippen LogP contribution in [0.15, 0.2) is 35.5 Å². The number of H-pyrrole nitrogens is 1. The van der Waals surface area contributed by atoms with Crippen LogP contribution in [0.25, 0.3) is 22.2 Å². The number of nitrogens with two attached hydrogens (primary N) is 1. The molecule has 0 unspecified atom stereocenters. The molecule has 3 aromatic rings. The van der Waals surface area contributed by atoms with Gasteiger partial charge in [-0.1, -0.05) is 0 Å². The molecule has 0 aromatic carbocycles. The number of aromatic nitrogens is 3. The molecule has 0 fully saturated rings. The summed E-state index contributed by atoms with van der Waals surface area (Å²) in [5.74, 6) is -0.411. The molecule has 5 nitrogen and oxygen atoms in total. The Morgan fingerprint density at radius 2 is 2.21 bits per heavy atom. The lowest BCUT2D eigenvalue weighted by molar-refractivity contribution is 0.624. The molecule has 0 saturated carbocycles. The number of halogens is 1. The van der Waals surface area contributed by atoms with Crippen LogP contribution < -0.4 is 11.3 Å². The van der Waals surface area contributed by atoms with E-state index in [-0.39, 0.29) is 11.2 Å². The maximum atomic E-state index is 13.3. The van der Waals surface area contributed by atoms with Crippen molar-refractivity contribution in [3.8, 4) is 11.1 Å². The van der Waals surface area contributed by atoms with E-state index in [1.807, 2.05) is 0 Å². The second-order valence-corrected chi connectivity index (χ2v) is 4.35. The lowest BCUT2D eigenvalue weighted by Crippen LogP contribution is -2.19. The summed E-state index contributed by atoms with van der Waals surface area (Å²) in [5, 5.41) is 0.651. The molecule has 0 aliphatic carbocycles. The lowest BCUT2D eigenvalue weighted by Gasteiger charge is -2.05. The van der Waals surface area contributed by atoms with E-state index in [4.69, 9.17) is 5.73 Å². The first kappa shape index (κ1) is 11.5. The molecule has 0 spiro atoms. The Balaban J connectivity index is 2.30. The van der Waals surface area contributed by atoms with Gasteiger partial charge in [-0.05, 0) is 12.1 Å². The van der Waals surface area contributed by atoms with Crippen LogP contribution in [-0.2, 0) is 7.05 Å². The Morgan fingerprint density at radius 1 is 1.42 bits per heavy atom. The number of fused-ring (bicyclic) bond motifs is 1. The highest BCUT2D eigenvalue weighted by Gasteiger charge is 2.10. The predicted molar refractivity (Wildman–Crippen MR) is 71.1 cm³/mol. The molecule has 0 atom stereocenters. The third-order valence-corrected chi connectivity index (χ3v) is 3.02. The van der Waals surface area contributed by atoms with E-state index in [2.05, 4.69) is 9.97 Å². The number of aromatic amines is 1. The van der Waals surface area contributed by atoms with Crippen molar-refractivity contribution >= 4 is 16.7 Å². The van der Waals surface area contributed by atoms with E-state index in [0.29, 0.717) is 11.0 Å². The fourth-order valence-electron chi connectivity index (χ4n) is 2.10. The van der Waals surface area contributed by atoms with E-state index in [1.165, 1.54) is 10.6 Å². The molecule has 3 heterocycles. The van der Waals surface area contributed by atoms with Crippen LogP contribution >= 0.6 is 0 Å². The quantitative estimate of drug-likeness (QED) is 0.696. The van der Waals surface area contributed by atoms with Gasteiger partial charge in [0, 0.05) is 36.0 Å².